The fraction of sp³-hybridized carbons (Fsp3) is 0.500. The van der Waals surface area contributed by atoms with Gasteiger partial charge >= 0.3 is 0 Å². The van der Waals surface area contributed by atoms with Gasteiger partial charge in [-0.1, -0.05) is 44.2 Å². The number of pyridine rings is 1. The highest BCUT2D eigenvalue weighted by molar-refractivity contribution is 5.95. The summed E-state index contributed by atoms with van der Waals surface area (Å²) in [7, 11) is 0. The Morgan fingerprint density at radius 1 is 1.21 bits per heavy atom. The summed E-state index contributed by atoms with van der Waals surface area (Å²) in [6.45, 7) is 9.49. The fourth-order valence-corrected chi connectivity index (χ4v) is 3.93. The summed E-state index contributed by atoms with van der Waals surface area (Å²) in [4.78, 5) is 28.2. The number of amides is 1. The molecule has 1 saturated heterocycles. The lowest BCUT2D eigenvalue weighted by Crippen LogP contribution is -2.48. The molecule has 156 valence electrons. The Balaban J connectivity index is 1.66. The normalized spacial score (nSPS) is 17.4. The number of aryl methyl sites for hydroxylation is 2. The fourth-order valence-electron chi connectivity index (χ4n) is 3.93. The van der Waals surface area contributed by atoms with Crippen molar-refractivity contribution in [2.24, 2.45) is 5.92 Å². The van der Waals surface area contributed by atoms with E-state index in [-0.39, 0.29) is 23.1 Å². The molecule has 0 aliphatic carbocycles. The number of carbonyl (C=O) groups is 1. The third-order valence-corrected chi connectivity index (χ3v) is 5.64. The van der Waals surface area contributed by atoms with Gasteiger partial charge in [-0.2, -0.15) is 0 Å². The van der Waals surface area contributed by atoms with Crippen molar-refractivity contribution in [2.75, 3.05) is 13.1 Å². The Labute approximate surface area is 173 Å². The van der Waals surface area contributed by atoms with Gasteiger partial charge in [0, 0.05) is 31.9 Å². The first-order chi connectivity index (χ1) is 13.9. The molecule has 1 aliphatic rings. The van der Waals surface area contributed by atoms with Gasteiger partial charge in [0.2, 0.25) is 0 Å². The number of benzene rings is 1. The first-order valence-electron chi connectivity index (χ1n) is 10.7. The molecule has 3 rings (SSSR count). The van der Waals surface area contributed by atoms with Gasteiger partial charge in [-0.25, -0.2) is 0 Å². The highest BCUT2D eigenvalue weighted by Crippen LogP contribution is 2.14. The van der Waals surface area contributed by atoms with Gasteiger partial charge in [0.25, 0.3) is 11.5 Å². The van der Waals surface area contributed by atoms with E-state index < -0.39 is 0 Å². The summed E-state index contributed by atoms with van der Waals surface area (Å²) in [6.07, 6.45) is 4.72. The third kappa shape index (κ3) is 5.80. The molecule has 1 aromatic heterocycles. The summed E-state index contributed by atoms with van der Waals surface area (Å²) in [5, 5.41) is 3.13. The molecule has 1 unspecified atom stereocenters. The van der Waals surface area contributed by atoms with Crippen LogP contribution in [0.25, 0.3) is 0 Å². The van der Waals surface area contributed by atoms with Crippen LogP contribution in [0.15, 0.2) is 47.4 Å². The second kappa shape index (κ2) is 9.88. The molecule has 1 aliphatic heterocycles. The maximum absolute atomic E-state index is 13.0. The SMILES string of the molecule is Cc1ccn(CCC(C)C)c(=O)c1C(=O)NC1CCCN(Cc2ccccc2)C1. The summed E-state index contributed by atoms with van der Waals surface area (Å²) < 4.78 is 1.67. The van der Waals surface area contributed by atoms with Crippen LogP contribution in [-0.2, 0) is 13.1 Å². The molecular formula is C24H33N3O2. The lowest BCUT2D eigenvalue weighted by atomic mass is 10.0. The van der Waals surface area contributed by atoms with Crippen LogP contribution in [0.2, 0.25) is 0 Å². The van der Waals surface area contributed by atoms with Gasteiger partial charge in [0.15, 0.2) is 0 Å². The highest BCUT2D eigenvalue weighted by atomic mass is 16.2. The van der Waals surface area contributed by atoms with E-state index >= 15 is 0 Å². The molecule has 0 spiro atoms. The zero-order chi connectivity index (χ0) is 20.8. The third-order valence-electron chi connectivity index (χ3n) is 5.64. The summed E-state index contributed by atoms with van der Waals surface area (Å²) in [6, 6.07) is 12.4. The van der Waals surface area contributed by atoms with Crippen molar-refractivity contribution < 1.29 is 4.79 Å². The Morgan fingerprint density at radius 2 is 1.97 bits per heavy atom. The van der Waals surface area contributed by atoms with Crippen molar-refractivity contribution >= 4 is 5.91 Å². The van der Waals surface area contributed by atoms with Crippen molar-refractivity contribution in [3.05, 3.63) is 69.6 Å². The maximum atomic E-state index is 13.0. The second-order valence-corrected chi connectivity index (χ2v) is 8.59. The first kappa shape index (κ1) is 21.3. The van der Waals surface area contributed by atoms with Gasteiger partial charge in [-0.05, 0) is 55.8 Å². The predicted octanol–water partition coefficient (Wildman–Crippen LogP) is 3.60. The van der Waals surface area contributed by atoms with Crippen LogP contribution < -0.4 is 10.9 Å². The maximum Gasteiger partial charge on any atom is 0.263 e. The van der Waals surface area contributed by atoms with E-state index in [1.165, 1.54) is 5.56 Å². The number of hydrogen-bond acceptors (Lipinski definition) is 3. The van der Waals surface area contributed by atoms with E-state index in [0.29, 0.717) is 12.5 Å². The minimum absolute atomic E-state index is 0.0723. The van der Waals surface area contributed by atoms with Crippen molar-refractivity contribution in [1.82, 2.24) is 14.8 Å². The minimum atomic E-state index is -0.238. The molecule has 1 amide bonds. The van der Waals surface area contributed by atoms with Crippen molar-refractivity contribution in [2.45, 2.75) is 59.2 Å². The molecule has 29 heavy (non-hydrogen) atoms. The van der Waals surface area contributed by atoms with E-state index in [9.17, 15) is 9.59 Å². The smallest absolute Gasteiger partial charge is 0.263 e. The summed E-state index contributed by atoms with van der Waals surface area (Å²) in [5.74, 6) is 0.274. The predicted molar refractivity (Wildman–Crippen MR) is 117 cm³/mol. The minimum Gasteiger partial charge on any atom is -0.348 e. The molecule has 2 heterocycles. The number of nitrogens with zero attached hydrogens (tertiary/aromatic N) is 2. The lowest BCUT2D eigenvalue weighted by Gasteiger charge is -2.33. The zero-order valence-electron chi connectivity index (χ0n) is 17.9. The molecule has 1 aromatic carbocycles. The standard InChI is InChI=1S/C24H33N3O2/c1-18(2)11-14-27-15-12-19(3)22(24(27)29)23(28)25-21-10-7-13-26(17-21)16-20-8-5-4-6-9-20/h4-6,8-9,12,15,18,21H,7,10-11,13-14,16-17H2,1-3H3,(H,25,28). The van der Waals surface area contributed by atoms with Crippen LogP contribution in [0.1, 0.15) is 54.6 Å². The van der Waals surface area contributed by atoms with Crippen molar-refractivity contribution in [3.63, 3.8) is 0 Å². The molecule has 1 fully saturated rings. The Kier molecular flexibility index (Phi) is 7.26. The topological polar surface area (TPSA) is 54.3 Å². The van der Waals surface area contributed by atoms with Crippen LogP contribution >= 0.6 is 0 Å². The van der Waals surface area contributed by atoms with Crippen LogP contribution in [-0.4, -0.2) is 34.5 Å². The molecule has 5 heteroatoms. The largest absolute Gasteiger partial charge is 0.348 e. The van der Waals surface area contributed by atoms with E-state index in [4.69, 9.17) is 0 Å². The molecular weight excluding hydrogens is 362 g/mol. The van der Waals surface area contributed by atoms with Gasteiger partial charge in [0.05, 0.1) is 0 Å². The Morgan fingerprint density at radius 3 is 2.69 bits per heavy atom. The molecule has 2 aromatic rings. The average molecular weight is 396 g/mol. The number of rotatable bonds is 7. The molecule has 1 atom stereocenters. The van der Waals surface area contributed by atoms with Crippen LogP contribution in [0, 0.1) is 12.8 Å². The lowest BCUT2D eigenvalue weighted by molar-refractivity contribution is 0.0898. The Bertz CT molecular complexity index is 873. The number of piperidine rings is 1. The van der Waals surface area contributed by atoms with Gasteiger partial charge in [-0.3, -0.25) is 14.5 Å². The van der Waals surface area contributed by atoms with Crippen molar-refractivity contribution in [1.29, 1.82) is 0 Å². The average Bonchev–Trinajstić information content (AvgIpc) is 2.68. The molecule has 0 saturated carbocycles. The van der Waals surface area contributed by atoms with Crippen molar-refractivity contribution in [3.8, 4) is 0 Å². The number of hydrogen-bond donors (Lipinski definition) is 1. The quantitative estimate of drug-likeness (QED) is 0.779. The molecule has 0 bridgehead atoms. The van der Waals surface area contributed by atoms with E-state index in [0.717, 1.165) is 44.5 Å². The molecule has 5 nitrogen and oxygen atoms in total. The zero-order valence-corrected chi connectivity index (χ0v) is 17.9. The summed E-state index contributed by atoms with van der Waals surface area (Å²) in [5.41, 5.74) is 2.13. The van der Waals surface area contributed by atoms with Crippen LogP contribution in [0.5, 0.6) is 0 Å². The van der Waals surface area contributed by atoms with Gasteiger partial charge in [0.1, 0.15) is 5.56 Å². The second-order valence-electron chi connectivity index (χ2n) is 8.59. The number of likely N-dealkylation sites (tertiary alicyclic amines) is 1. The van der Waals surface area contributed by atoms with E-state index in [1.807, 2.05) is 19.1 Å². The highest BCUT2D eigenvalue weighted by Gasteiger charge is 2.24. The van der Waals surface area contributed by atoms with Gasteiger partial charge in [-0.15, -0.1) is 0 Å². The van der Waals surface area contributed by atoms with Crippen LogP contribution in [0.4, 0.5) is 0 Å². The Hall–Kier alpha value is -2.40. The van der Waals surface area contributed by atoms with Crippen LogP contribution in [0.3, 0.4) is 0 Å². The number of nitrogens with one attached hydrogen (secondary N) is 1. The number of carbonyl (C=O) groups excluding carboxylic acids is 1. The molecule has 1 N–H and O–H groups in total. The molecule has 0 radical (unpaired) electrons. The first-order valence-corrected chi connectivity index (χ1v) is 10.7. The van der Waals surface area contributed by atoms with E-state index in [1.54, 1.807) is 10.8 Å². The van der Waals surface area contributed by atoms with E-state index in [2.05, 4.69) is 48.3 Å². The monoisotopic (exact) mass is 395 g/mol. The number of aromatic nitrogens is 1. The summed E-state index contributed by atoms with van der Waals surface area (Å²) >= 11 is 0. The van der Waals surface area contributed by atoms with Gasteiger partial charge < -0.3 is 9.88 Å².